The van der Waals surface area contributed by atoms with Crippen LogP contribution in [0.4, 0.5) is 11.5 Å². The van der Waals surface area contributed by atoms with E-state index in [4.69, 9.17) is 5.73 Å². The highest BCUT2D eigenvalue weighted by molar-refractivity contribution is 7.10. The van der Waals surface area contributed by atoms with Gasteiger partial charge in [0.05, 0.1) is 10.5 Å². The third-order valence-corrected chi connectivity index (χ3v) is 4.46. The van der Waals surface area contributed by atoms with Gasteiger partial charge >= 0.3 is 0 Å². The van der Waals surface area contributed by atoms with Gasteiger partial charge in [-0.1, -0.05) is 0 Å². The average molecular weight is 304 g/mol. The number of nitrogen functional groups attached to an aromatic ring is 1. The molecule has 3 rings (SSSR count). The van der Waals surface area contributed by atoms with Gasteiger partial charge in [-0.15, -0.1) is 11.3 Å². The number of hydrogen-bond acceptors (Lipinski definition) is 6. The number of nitrogens with zero attached hydrogens (tertiary/aromatic N) is 3. The number of pyridine rings is 1. The lowest BCUT2D eigenvalue weighted by Gasteiger charge is -2.27. The smallest absolute Gasteiger partial charge is 0.288 e. The molecule has 0 aliphatic carbocycles. The number of carbonyl (C=O) groups is 1. The molecule has 1 aliphatic heterocycles. The van der Waals surface area contributed by atoms with Crippen LogP contribution < -0.4 is 5.73 Å². The van der Waals surface area contributed by atoms with Crippen molar-refractivity contribution in [2.24, 2.45) is 0 Å². The van der Waals surface area contributed by atoms with Crippen molar-refractivity contribution in [2.45, 2.75) is 13.0 Å². The third kappa shape index (κ3) is 2.45. The molecule has 2 aromatic rings. The van der Waals surface area contributed by atoms with Crippen molar-refractivity contribution in [3.63, 3.8) is 0 Å². The molecule has 1 amide bonds. The SMILES string of the molecule is Nc1ncc([N+](=O)[O-])cc1C(=O)N1CCc2sccc2C1. The van der Waals surface area contributed by atoms with Gasteiger partial charge in [-0.25, -0.2) is 4.98 Å². The van der Waals surface area contributed by atoms with E-state index in [0.717, 1.165) is 18.2 Å². The second-order valence-corrected chi connectivity index (χ2v) is 5.73. The third-order valence-electron chi connectivity index (χ3n) is 3.44. The van der Waals surface area contributed by atoms with Crippen molar-refractivity contribution in [1.29, 1.82) is 0 Å². The molecule has 0 saturated carbocycles. The number of carbonyl (C=O) groups excluding carboxylic acids is 1. The van der Waals surface area contributed by atoms with E-state index >= 15 is 0 Å². The molecular weight excluding hydrogens is 292 g/mol. The van der Waals surface area contributed by atoms with E-state index in [2.05, 4.69) is 4.98 Å². The molecule has 0 fully saturated rings. The number of aromatic nitrogens is 1. The minimum atomic E-state index is -0.587. The standard InChI is InChI=1S/C13H12N4O3S/c14-12-10(5-9(6-15-12)17(19)20)13(18)16-3-1-11-8(7-16)2-4-21-11/h2,4-6H,1,3,7H2,(H2,14,15). The highest BCUT2D eigenvalue weighted by Gasteiger charge is 2.25. The summed E-state index contributed by atoms with van der Waals surface area (Å²) in [4.78, 5) is 29.4. The van der Waals surface area contributed by atoms with Crippen molar-refractivity contribution < 1.29 is 9.72 Å². The van der Waals surface area contributed by atoms with Crippen molar-refractivity contribution in [1.82, 2.24) is 9.88 Å². The van der Waals surface area contributed by atoms with Crippen LogP contribution in [0.3, 0.4) is 0 Å². The van der Waals surface area contributed by atoms with Crippen LogP contribution in [0, 0.1) is 10.1 Å². The maximum Gasteiger partial charge on any atom is 0.288 e. The van der Waals surface area contributed by atoms with Crippen LogP contribution in [0.1, 0.15) is 20.8 Å². The summed E-state index contributed by atoms with van der Waals surface area (Å²) in [5.41, 5.74) is 6.67. The van der Waals surface area contributed by atoms with E-state index in [-0.39, 0.29) is 23.0 Å². The molecule has 0 saturated heterocycles. The molecule has 21 heavy (non-hydrogen) atoms. The van der Waals surface area contributed by atoms with E-state index < -0.39 is 4.92 Å². The van der Waals surface area contributed by atoms with Gasteiger partial charge < -0.3 is 10.6 Å². The first-order chi connectivity index (χ1) is 10.1. The number of amides is 1. The van der Waals surface area contributed by atoms with Gasteiger partial charge in [-0.3, -0.25) is 14.9 Å². The minimum Gasteiger partial charge on any atom is -0.383 e. The first-order valence-corrected chi connectivity index (χ1v) is 7.18. The zero-order valence-electron chi connectivity index (χ0n) is 11.0. The molecule has 7 nitrogen and oxygen atoms in total. The molecule has 0 bridgehead atoms. The second kappa shape index (κ2) is 5.13. The van der Waals surface area contributed by atoms with Gasteiger partial charge in [0.1, 0.15) is 12.0 Å². The molecule has 108 valence electrons. The number of thiophene rings is 1. The number of nitrogens with two attached hydrogens (primary N) is 1. The number of anilines is 1. The van der Waals surface area contributed by atoms with E-state index in [1.54, 1.807) is 16.2 Å². The highest BCUT2D eigenvalue weighted by atomic mass is 32.1. The van der Waals surface area contributed by atoms with Gasteiger partial charge in [0, 0.05) is 24.0 Å². The number of fused-ring (bicyclic) bond motifs is 1. The first-order valence-electron chi connectivity index (χ1n) is 6.30. The van der Waals surface area contributed by atoms with Crippen LogP contribution in [0.25, 0.3) is 0 Å². The largest absolute Gasteiger partial charge is 0.383 e. The summed E-state index contributed by atoms with van der Waals surface area (Å²) in [5, 5.41) is 12.8. The van der Waals surface area contributed by atoms with E-state index in [9.17, 15) is 14.9 Å². The van der Waals surface area contributed by atoms with E-state index in [1.807, 2.05) is 11.4 Å². The zero-order valence-corrected chi connectivity index (χ0v) is 11.8. The van der Waals surface area contributed by atoms with Gasteiger partial charge in [0.2, 0.25) is 0 Å². The lowest BCUT2D eigenvalue weighted by molar-refractivity contribution is -0.385. The molecule has 1 aliphatic rings. The quantitative estimate of drug-likeness (QED) is 0.673. The fraction of sp³-hybridized carbons (Fsp3) is 0.231. The minimum absolute atomic E-state index is 0.0155. The highest BCUT2D eigenvalue weighted by Crippen LogP contribution is 2.26. The fourth-order valence-electron chi connectivity index (χ4n) is 2.33. The van der Waals surface area contributed by atoms with Crippen LogP contribution in [0.15, 0.2) is 23.7 Å². The molecular formula is C13H12N4O3S. The molecule has 0 aromatic carbocycles. The normalized spacial score (nSPS) is 13.8. The monoisotopic (exact) mass is 304 g/mol. The van der Waals surface area contributed by atoms with Crippen molar-refractivity contribution in [3.05, 3.63) is 49.8 Å². The predicted octanol–water partition coefficient (Wildman–Crippen LogP) is 1.83. The van der Waals surface area contributed by atoms with Crippen molar-refractivity contribution in [2.75, 3.05) is 12.3 Å². The zero-order chi connectivity index (χ0) is 15.0. The van der Waals surface area contributed by atoms with Crippen LogP contribution >= 0.6 is 11.3 Å². The van der Waals surface area contributed by atoms with Crippen molar-refractivity contribution in [3.8, 4) is 0 Å². The fourth-order valence-corrected chi connectivity index (χ4v) is 3.22. The molecule has 0 radical (unpaired) electrons. The van der Waals surface area contributed by atoms with Crippen molar-refractivity contribution >= 4 is 28.7 Å². The molecule has 0 atom stereocenters. The second-order valence-electron chi connectivity index (χ2n) is 4.73. The summed E-state index contributed by atoms with van der Waals surface area (Å²) in [7, 11) is 0. The molecule has 0 spiro atoms. The number of rotatable bonds is 2. The summed E-state index contributed by atoms with van der Waals surface area (Å²) in [6.45, 7) is 1.08. The Kier molecular flexibility index (Phi) is 3.30. The Hall–Kier alpha value is -2.48. The lowest BCUT2D eigenvalue weighted by Crippen LogP contribution is -2.35. The first kappa shape index (κ1) is 13.5. The van der Waals surface area contributed by atoms with Gasteiger partial charge in [0.25, 0.3) is 11.6 Å². The Morgan fingerprint density at radius 2 is 2.33 bits per heavy atom. The molecule has 2 aromatic heterocycles. The summed E-state index contributed by atoms with van der Waals surface area (Å²) >= 11 is 1.68. The topological polar surface area (TPSA) is 102 Å². The summed E-state index contributed by atoms with van der Waals surface area (Å²) < 4.78 is 0. The number of nitro groups is 1. The Morgan fingerprint density at radius 3 is 3.10 bits per heavy atom. The van der Waals surface area contributed by atoms with Gasteiger partial charge in [-0.05, 0) is 23.4 Å². The Morgan fingerprint density at radius 1 is 1.52 bits per heavy atom. The average Bonchev–Trinajstić information content (AvgIpc) is 2.94. The van der Waals surface area contributed by atoms with Crippen LogP contribution in [-0.4, -0.2) is 27.3 Å². The maximum absolute atomic E-state index is 12.5. The maximum atomic E-state index is 12.5. The summed E-state index contributed by atoms with van der Waals surface area (Å²) in [6, 6.07) is 3.18. The lowest BCUT2D eigenvalue weighted by atomic mass is 10.1. The Labute approximate surface area is 124 Å². The number of hydrogen-bond donors (Lipinski definition) is 1. The summed E-state index contributed by atoms with van der Waals surface area (Å²) in [5.74, 6) is -0.303. The molecule has 8 heteroatoms. The molecule has 0 unspecified atom stereocenters. The molecule has 3 heterocycles. The van der Waals surface area contributed by atoms with Crippen LogP contribution in [-0.2, 0) is 13.0 Å². The van der Waals surface area contributed by atoms with Gasteiger partial charge in [0.15, 0.2) is 0 Å². The molecule has 2 N–H and O–H groups in total. The predicted molar refractivity (Wildman–Crippen MR) is 78.1 cm³/mol. The summed E-state index contributed by atoms with van der Waals surface area (Å²) in [6.07, 6.45) is 1.85. The Bertz CT molecular complexity index is 728. The van der Waals surface area contributed by atoms with E-state index in [0.29, 0.717) is 13.1 Å². The van der Waals surface area contributed by atoms with Crippen LogP contribution in [0.5, 0.6) is 0 Å². The van der Waals surface area contributed by atoms with E-state index in [1.165, 1.54) is 10.9 Å². The van der Waals surface area contributed by atoms with Crippen LogP contribution in [0.2, 0.25) is 0 Å². The Balaban J connectivity index is 1.89. The van der Waals surface area contributed by atoms with Gasteiger partial charge in [-0.2, -0.15) is 0 Å².